The molecule has 50 heavy (non-hydrogen) atoms. The second-order valence-corrected chi connectivity index (χ2v) is 12.1. The summed E-state index contributed by atoms with van der Waals surface area (Å²) in [7, 11) is 3.45. The van der Waals surface area contributed by atoms with Gasteiger partial charge in [0.15, 0.2) is 11.6 Å². The minimum absolute atomic E-state index is 0.107. The van der Waals surface area contributed by atoms with Crippen molar-refractivity contribution in [2.24, 2.45) is 7.05 Å². The summed E-state index contributed by atoms with van der Waals surface area (Å²) >= 11 is 0. The number of nitrogens with one attached hydrogen (secondary N) is 3. The Hall–Kier alpha value is -5.94. The molecular formula is C36H33F3N8O3. The fourth-order valence-electron chi connectivity index (χ4n) is 5.59. The van der Waals surface area contributed by atoms with Gasteiger partial charge < -0.3 is 25.4 Å². The number of anilines is 3. The molecular weight excluding hydrogens is 649 g/mol. The topological polar surface area (TPSA) is 126 Å². The summed E-state index contributed by atoms with van der Waals surface area (Å²) in [5.41, 5.74) is 0.499. The molecule has 14 heteroatoms. The van der Waals surface area contributed by atoms with Crippen LogP contribution in [0.4, 0.5) is 30.5 Å². The van der Waals surface area contributed by atoms with E-state index in [0.717, 1.165) is 53.4 Å². The standard InChI is InChI=1S/C36H33F3N8O3/c1-45-14-11-25(12-15-45)42-32-10-7-26(18-30(32)39)43-35-41-19-24-16-22(6-9-31(24)44-35)4-3-13-40-33(48)27-21-46(2)36(50)47(34(27)49)20-23-5-8-28(37)29(38)17-23/h5-10,16-19,21,25,42H,11-15,20H2,1-2H3,(H,40,48)(H,41,43,44). The number of nitrogens with zero attached hydrogens (tertiary/aromatic N) is 5. The summed E-state index contributed by atoms with van der Waals surface area (Å²) in [6.07, 6.45) is 4.65. The van der Waals surface area contributed by atoms with Crippen LogP contribution in [0, 0.1) is 29.3 Å². The first-order chi connectivity index (χ1) is 24.0. The van der Waals surface area contributed by atoms with Gasteiger partial charge in [-0.25, -0.2) is 27.9 Å². The van der Waals surface area contributed by atoms with Crippen LogP contribution in [0.5, 0.6) is 0 Å². The van der Waals surface area contributed by atoms with Gasteiger partial charge in [0.1, 0.15) is 11.4 Å². The monoisotopic (exact) mass is 682 g/mol. The van der Waals surface area contributed by atoms with Gasteiger partial charge in [-0.1, -0.05) is 17.9 Å². The summed E-state index contributed by atoms with van der Waals surface area (Å²) in [6.45, 7) is 1.49. The van der Waals surface area contributed by atoms with E-state index in [1.807, 2.05) is 0 Å². The minimum atomic E-state index is -1.12. The predicted octanol–water partition coefficient (Wildman–Crippen LogP) is 3.99. The highest BCUT2D eigenvalue weighted by molar-refractivity contribution is 5.93. The molecule has 1 fully saturated rings. The Morgan fingerprint density at radius 2 is 1.76 bits per heavy atom. The molecule has 1 aliphatic rings. The normalized spacial score (nSPS) is 13.5. The second-order valence-electron chi connectivity index (χ2n) is 12.1. The molecule has 0 unspecified atom stereocenters. The molecule has 1 amide bonds. The van der Waals surface area contributed by atoms with Crippen LogP contribution >= 0.6 is 0 Å². The highest BCUT2D eigenvalue weighted by Crippen LogP contribution is 2.24. The van der Waals surface area contributed by atoms with E-state index in [-0.39, 0.29) is 36.1 Å². The first-order valence-corrected chi connectivity index (χ1v) is 15.8. The molecule has 256 valence electrons. The zero-order chi connectivity index (χ0) is 35.4. The molecule has 1 saturated heterocycles. The van der Waals surface area contributed by atoms with Crippen molar-refractivity contribution in [3.05, 3.63) is 122 Å². The Morgan fingerprint density at radius 3 is 2.52 bits per heavy atom. The average molecular weight is 683 g/mol. The van der Waals surface area contributed by atoms with E-state index in [9.17, 15) is 27.6 Å². The number of benzene rings is 3. The fourth-order valence-corrected chi connectivity index (χ4v) is 5.59. The number of aromatic nitrogens is 4. The first-order valence-electron chi connectivity index (χ1n) is 15.8. The lowest BCUT2D eigenvalue weighted by molar-refractivity contribution is 0.0955. The van der Waals surface area contributed by atoms with Gasteiger partial charge in [0.05, 0.1) is 24.3 Å². The number of carbonyl (C=O) groups excluding carboxylic acids is 1. The molecule has 5 aromatic rings. The lowest BCUT2D eigenvalue weighted by atomic mass is 10.1. The van der Waals surface area contributed by atoms with Crippen LogP contribution in [0.25, 0.3) is 10.9 Å². The van der Waals surface area contributed by atoms with Crippen molar-refractivity contribution >= 4 is 34.1 Å². The van der Waals surface area contributed by atoms with E-state index in [0.29, 0.717) is 33.8 Å². The number of piperidine rings is 1. The van der Waals surface area contributed by atoms with Crippen LogP contribution in [0.15, 0.2) is 76.6 Å². The van der Waals surface area contributed by atoms with Crippen molar-refractivity contribution in [2.75, 3.05) is 37.3 Å². The number of fused-ring (bicyclic) bond motifs is 1. The maximum Gasteiger partial charge on any atom is 0.331 e. The van der Waals surface area contributed by atoms with Crippen molar-refractivity contribution in [1.29, 1.82) is 0 Å². The number of rotatable bonds is 8. The maximum absolute atomic E-state index is 14.9. The van der Waals surface area contributed by atoms with Gasteiger partial charge in [-0.2, -0.15) is 0 Å². The van der Waals surface area contributed by atoms with Gasteiger partial charge in [-0.15, -0.1) is 0 Å². The molecule has 6 rings (SSSR count). The summed E-state index contributed by atoms with van der Waals surface area (Å²) in [5.74, 6) is 2.77. The number of aryl methyl sites for hydroxylation is 1. The van der Waals surface area contributed by atoms with Crippen LogP contribution in [0.2, 0.25) is 0 Å². The molecule has 0 radical (unpaired) electrons. The molecule has 11 nitrogen and oxygen atoms in total. The van der Waals surface area contributed by atoms with Gasteiger partial charge >= 0.3 is 5.69 Å². The van der Waals surface area contributed by atoms with Crippen molar-refractivity contribution in [1.82, 2.24) is 29.3 Å². The largest absolute Gasteiger partial charge is 0.380 e. The molecule has 0 aliphatic carbocycles. The molecule has 3 heterocycles. The summed E-state index contributed by atoms with van der Waals surface area (Å²) in [6, 6.07) is 13.4. The van der Waals surface area contributed by atoms with Crippen LogP contribution in [0.3, 0.4) is 0 Å². The molecule has 3 N–H and O–H groups in total. The summed E-state index contributed by atoms with van der Waals surface area (Å²) < 4.78 is 43.7. The Kier molecular flexibility index (Phi) is 9.96. The maximum atomic E-state index is 14.9. The summed E-state index contributed by atoms with van der Waals surface area (Å²) in [4.78, 5) is 49.6. The van der Waals surface area contributed by atoms with Crippen molar-refractivity contribution in [3.63, 3.8) is 0 Å². The number of halogens is 3. The zero-order valence-electron chi connectivity index (χ0n) is 27.3. The van der Waals surface area contributed by atoms with Gasteiger partial charge in [0.25, 0.3) is 11.5 Å². The highest BCUT2D eigenvalue weighted by atomic mass is 19.2. The third-order valence-corrected chi connectivity index (χ3v) is 8.35. The van der Waals surface area contributed by atoms with E-state index >= 15 is 0 Å². The van der Waals surface area contributed by atoms with Gasteiger partial charge in [-0.05, 0) is 87.1 Å². The third kappa shape index (κ3) is 7.85. The number of hydrogen-bond acceptors (Lipinski definition) is 8. The second kappa shape index (κ2) is 14.7. The number of likely N-dealkylation sites (tertiary alicyclic amines) is 1. The SMILES string of the molecule is CN1CCC(Nc2ccc(Nc3ncc4cc(C#CCNC(=O)c5cn(C)c(=O)n(Cc6ccc(F)c(F)c6)c5=O)ccc4n3)cc2F)CC1. The van der Waals surface area contributed by atoms with E-state index in [1.165, 1.54) is 19.2 Å². The number of amides is 1. The third-order valence-electron chi connectivity index (χ3n) is 8.35. The average Bonchev–Trinajstić information content (AvgIpc) is 3.10. The molecule has 3 aromatic carbocycles. The van der Waals surface area contributed by atoms with E-state index in [1.54, 1.807) is 36.5 Å². The zero-order valence-corrected chi connectivity index (χ0v) is 27.3. The lowest BCUT2D eigenvalue weighted by Gasteiger charge is -2.30. The summed E-state index contributed by atoms with van der Waals surface area (Å²) in [5, 5.41) is 9.61. The fraction of sp³-hybridized carbons (Fsp3) is 0.250. The molecule has 1 aliphatic heterocycles. The number of carbonyl (C=O) groups is 1. The quantitative estimate of drug-likeness (QED) is 0.210. The molecule has 0 saturated carbocycles. The highest BCUT2D eigenvalue weighted by Gasteiger charge is 2.19. The first kappa shape index (κ1) is 33.9. The van der Waals surface area contributed by atoms with Gasteiger partial charge in [0, 0.05) is 42.1 Å². The smallest absolute Gasteiger partial charge is 0.331 e. The molecule has 0 spiro atoms. The van der Waals surface area contributed by atoms with Crippen LogP contribution in [0.1, 0.15) is 34.3 Å². The van der Waals surface area contributed by atoms with Crippen molar-refractivity contribution in [3.8, 4) is 11.8 Å². The van der Waals surface area contributed by atoms with Gasteiger partial charge in [0.2, 0.25) is 5.95 Å². The van der Waals surface area contributed by atoms with Gasteiger partial charge in [-0.3, -0.25) is 14.2 Å². The molecule has 0 bridgehead atoms. The Balaban J connectivity index is 1.07. The van der Waals surface area contributed by atoms with Crippen molar-refractivity contribution in [2.45, 2.75) is 25.4 Å². The molecule has 2 aromatic heterocycles. The Labute approximate surface area is 284 Å². The van der Waals surface area contributed by atoms with Crippen LogP contribution in [-0.4, -0.2) is 62.6 Å². The minimum Gasteiger partial charge on any atom is -0.380 e. The van der Waals surface area contributed by atoms with E-state index in [4.69, 9.17) is 0 Å². The lowest BCUT2D eigenvalue weighted by Crippen LogP contribution is -2.43. The molecule has 0 atom stereocenters. The van der Waals surface area contributed by atoms with Crippen LogP contribution in [-0.2, 0) is 13.6 Å². The number of hydrogen-bond donors (Lipinski definition) is 3. The van der Waals surface area contributed by atoms with E-state index in [2.05, 4.69) is 49.7 Å². The predicted molar refractivity (Wildman–Crippen MR) is 184 cm³/mol. The Bertz CT molecular complexity index is 2270. The van der Waals surface area contributed by atoms with Crippen molar-refractivity contribution < 1.29 is 18.0 Å². The van der Waals surface area contributed by atoms with Crippen LogP contribution < -0.4 is 27.2 Å². The van der Waals surface area contributed by atoms with E-state index < -0.39 is 28.8 Å². The Morgan fingerprint density at radius 1 is 0.960 bits per heavy atom.